The Labute approximate surface area is 142 Å². The monoisotopic (exact) mass is 350 g/mol. The Morgan fingerprint density at radius 2 is 1.75 bits per heavy atom. The summed E-state index contributed by atoms with van der Waals surface area (Å²) in [6.45, 7) is 0.444. The molecule has 1 aromatic carbocycles. The summed E-state index contributed by atoms with van der Waals surface area (Å²) in [5, 5.41) is 5.31. The number of carbonyl (C=O) groups excluding carboxylic acids is 2. The Morgan fingerprint density at radius 1 is 1.00 bits per heavy atom. The third kappa shape index (κ3) is 5.69. The van der Waals surface area contributed by atoms with Crippen LogP contribution in [0.4, 0.5) is 4.39 Å². The molecule has 0 saturated carbocycles. The van der Waals surface area contributed by atoms with Gasteiger partial charge in [0.15, 0.2) is 5.11 Å². The maximum absolute atomic E-state index is 12.8. The molecule has 2 aromatic rings. The lowest BCUT2D eigenvalue weighted by atomic mass is 10.2. The van der Waals surface area contributed by atoms with Crippen molar-refractivity contribution in [2.45, 2.75) is 13.1 Å². The molecule has 1 aromatic heterocycles. The second kappa shape index (κ2) is 8.63. The van der Waals surface area contributed by atoms with Crippen molar-refractivity contribution >= 4 is 29.1 Å². The fourth-order valence-corrected chi connectivity index (χ4v) is 1.78. The Morgan fingerprint density at radius 3 is 2.42 bits per heavy atom. The number of nitrogens with one attached hydrogen (secondary N) is 4. The topological polar surface area (TPSA) is 95.4 Å². The molecular weight excluding hydrogens is 335 g/mol. The van der Waals surface area contributed by atoms with E-state index in [1.807, 2.05) is 0 Å². The number of halogens is 1. The largest absolute Gasteiger partial charge is 0.467 e. The van der Waals surface area contributed by atoms with Gasteiger partial charge < -0.3 is 15.1 Å². The molecule has 9 heteroatoms. The average molecular weight is 350 g/mol. The quantitative estimate of drug-likeness (QED) is 0.369. The lowest BCUT2D eigenvalue weighted by Gasteiger charge is -2.11. The van der Waals surface area contributed by atoms with Crippen LogP contribution in [0.25, 0.3) is 0 Å². The van der Waals surface area contributed by atoms with Crippen molar-refractivity contribution in [2.24, 2.45) is 0 Å². The van der Waals surface area contributed by atoms with Crippen molar-refractivity contribution in [3.05, 3.63) is 59.8 Å². The molecule has 0 radical (unpaired) electrons. The summed E-state index contributed by atoms with van der Waals surface area (Å²) in [6.07, 6.45) is 1.47. The zero-order valence-electron chi connectivity index (χ0n) is 12.5. The number of hydrazine groups is 1. The maximum atomic E-state index is 12.8. The van der Waals surface area contributed by atoms with E-state index < -0.39 is 11.8 Å². The van der Waals surface area contributed by atoms with Crippen LogP contribution in [0.15, 0.2) is 47.1 Å². The van der Waals surface area contributed by atoms with Gasteiger partial charge in [-0.1, -0.05) is 12.1 Å². The van der Waals surface area contributed by atoms with E-state index >= 15 is 0 Å². The Hall–Kier alpha value is -2.94. The average Bonchev–Trinajstić information content (AvgIpc) is 3.10. The smallest absolute Gasteiger partial charge is 0.327 e. The molecular formula is C15H15FN4O3S. The van der Waals surface area contributed by atoms with Gasteiger partial charge in [0, 0.05) is 6.54 Å². The van der Waals surface area contributed by atoms with Crippen LogP contribution in [0.3, 0.4) is 0 Å². The third-order valence-electron chi connectivity index (χ3n) is 2.87. The first kappa shape index (κ1) is 17.4. The zero-order valence-corrected chi connectivity index (χ0v) is 13.3. The summed E-state index contributed by atoms with van der Waals surface area (Å²) in [7, 11) is 0. The van der Waals surface area contributed by atoms with Crippen molar-refractivity contribution < 1.29 is 18.4 Å². The van der Waals surface area contributed by atoms with Crippen LogP contribution >= 0.6 is 12.2 Å². The van der Waals surface area contributed by atoms with Crippen LogP contribution in [-0.4, -0.2) is 16.9 Å². The lowest BCUT2D eigenvalue weighted by Crippen LogP contribution is -2.51. The van der Waals surface area contributed by atoms with Crippen LogP contribution in [-0.2, 0) is 22.7 Å². The molecule has 1 heterocycles. The summed E-state index contributed by atoms with van der Waals surface area (Å²) < 4.78 is 17.8. The van der Waals surface area contributed by atoms with E-state index in [1.165, 1.54) is 18.4 Å². The molecule has 7 nitrogen and oxygen atoms in total. The van der Waals surface area contributed by atoms with Gasteiger partial charge in [0.05, 0.1) is 12.8 Å². The zero-order chi connectivity index (χ0) is 17.4. The molecule has 24 heavy (non-hydrogen) atoms. The summed E-state index contributed by atoms with van der Waals surface area (Å²) in [4.78, 5) is 23.1. The first-order valence-electron chi connectivity index (χ1n) is 6.93. The molecule has 0 bridgehead atoms. The number of benzene rings is 1. The number of hydrogen-bond donors (Lipinski definition) is 4. The number of furan rings is 1. The SMILES string of the molecule is O=C(NCc1ccco1)C(=O)NNC(=S)NCc1ccc(F)cc1. The summed E-state index contributed by atoms with van der Waals surface area (Å²) in [5.74, 6) is -1.53. The van der Waals surface area contributed by atoms with Gasteiger partial charge in [-0.3, -0.25) is 20.4 Å². The minimum Gasteiger partial charge on any atom is -0.467 e. The van der Waals surface area contributed by atoms with Gasteiger partial charge >= 0.3 is 11.8 Å². The van der Waals surface area contributed by atoms with Gasteiger partial charge in [-0.05, 0) is 42.0 Å². The molecule has 4 N–H and O–H groups in total. The molecule has 0 saturated heterocycles. The number of amides is 2. The van der Waals surface area contributed by atoms with Gasteiger partial charge in [0.25, 0.3) is 0 Å². The Balaban J connectivity index is 1.65. The lowest BCUT2D eigenvalue weighted by molar-refractivity contribution is -0.139. The van der Waals surface area contributed by atoms with Gasteiger partial charge in [-0.25, -0.2) is 4.39 Å². The summed E-state index contributed by atoms with van der Waals surface area (Å²) in [5.41, 5.74) is 5.37. The normalized spacial score (nSPS) is 9.88. The standard InChI is InChI=1S/C15H15FN4O3S/c16-11-5-3-10(4-6-11)8-18-15(24)20-19-14(22)13(21)17-9-12-2-1-7-23-12/h1-7H,8-9H2,(H,17,21)(H,19,22)(H2,18,20,24). The maximum Gasteiger partial charge on any atom is 0.327 e. The van der Waals surface area contributed by atoms with Crippen LogP contribution in [0.2, 0.25) is 0 Å². The highest BCUT2D eigenvalue weighted by Crippen LogP contribution is 2.01. The highest BCUT2D eigenvalue weighted by molar-refractivity contribution is 7.80. The molecule has 0 unspecified atom stereocenters. The number of thiocarbonyl (C=S) groups is 1. The highest BCUT2D eigenvalue weighted by Gasteiger charge is 2.13. The fraction of sp³-hybridized carbons (Fsp3) is 0.133. The Bertz CT molecular complexity index is 704. The molecule has 0 aliphatic heterocycles. The minimum absolute atomic E-state index is 0.104. The molecule has 126 valence electrons. The predicted molar refractivity (Wildman–Crippen MR) is 87.7 cm³/mol. The first-order valence-corrected chi connectivity index (χ1v) is 7.34. The number of hydrogen-bond acceptors (Lipinski definition) is 4. The van der Waals surface area contributed by atoms with Crippen LogP contribution in [0.1, 0.15) is 11.3 Å². The van der Waals surface area contributed by atoms with E-state index in [-0.39, 0.29) is 17.5 Å². The van der Waals surface area contributed by atoms with Crippen LogP contribution in [0.5, 0.6) is 0 Å². The third-order valence-corrected chi connectivity index (χ3v) is 3.11. The van der Waals surface area contributed by atoms with E-state index in [2.05, 4.69) is 21.5 Å². The van der Waals surface area contributed by atoms with Crippen molar-refractivity contribution in [1.29, 1.82) is 0 Å². The molecule has 0 atom stereocenters. The van der Waals surface area contributed by atoms with Crippen LogP contribution in [0, 0.1) is 5.82 Å². The van der Waals surface area contributed by atoms with Gasteiger partial charge in [0.1, 0.15) is 11.6 Å². The van der Waals surface area contributed by atoms with Gasteiger partial charge in [0.2, 0.25) is 0 Å². The highest BCUT2D eigenvalue weighted by atomic mass is 32.1. The molecule has 0 fully saturated rings. The number of rotatable bonds is 4. The van der Waals surface area contributed by atoms with E-state index in [0.29, 0.717) is 12.3 Å². The Kier molecular flexibility index (Phi) is 6.26. The molecule has 2 amide bonds. The fourth-order valence-electron chi connectivity index (χ4n) is 1.66. The minimum atomic E-state index is -0.896. The van der Waals surface area contributed by atoms with Crippen LogP contribution < -0.4 is 21.5 Å². The molecule has 0 aliphatic carbocycles. The summed E-state index contributed by atoms with van der Waals surface area (Å²) >= 11 is 4.96. The first-order chi connectivity index (χ1) is 11.5. The number of carbonyl (C=O) groups is 2. The second-order valence-corrected chi connectivity index (χ2v) is 5.06. The van der Waals surface area contributed by atoms with E-state index in [9.17, 15) is 14.0 Å². The van der Waals surface area contributed by atoms with Gasteiger partial charge in [-0.15, -0.1) is 0 Å². The molecule has 0 aliphatic rings. The summed E-state index contributed by atoms with van der Waals surface area (Å²) in [6, 6.07) is 9.22. The molecule has 2 rings (SSSR count). The van der Waals surface area contributed by atoms with E-state index in [4.69, 9.17) is 16.6 Å². The predicted octanol–water partition coefficient (Wildman–Crippen LogP) is 0.730. The van der Waals surface area contributed by atoms with Gasteiger partial charge in [-0.2, -0.15) is 0 Å². The van der Waals surface area contributed by atoms with Crippen molar-refractivity contribution in [3.63, 3.8) is 0 Å². The van der Waals surface area contributed by atoms with E-state index in [1.54, 1.807) is 24.3 Å². The van der Waals surface area contributed by atoms with E-state index in [0.717, 1.165) is 5.56 Å². The molecule has 0 spiro atoms. The van der Waals surface area contributed by atoms with Crippen molar-refractivity contribution in [1.82, 2.24) is 21.5 Å². The van der Waals surface area contributed by atoms with Crippen molar-refractivity contribution in [2.75, 3.05) is 0 Å². The van der Waals surface area contributed by atoms with Crippen molar-refractivity contribution in [3.8, 4) is 0 Å². The second-order valence-electron chi connectivity index (χ2n) is 4.65.